The number of nitrogens with one attached hydrogen (secondary N) is 1. The number of hydrogen-bond donors (Lipinski definition) is 1. The molecular weight excluding hydrogens is 214 g/mol. The van der Waals surface area contributed by atoms with Gasteiger partial charge in [-0.1, -0.05) is 32.8 Å². The van der Waals surface area contributed by atoms with E-state index in [4.69, 9.17) is 0 Å². The van der Waals surface area contributed by atoms with Crippen molar-refractivity contribution in [2.24, 2.45) is 5.92 Å². The van der Waals surface area contributed by atoms with E-state index in [0.717, 1.165) is 18.5 Å². The lowest BCUT2D eigenvalue weighted by molar-refractivity contribution is 0.278. The summed E-state index contributed by atoms with van der Waals surface area (Å²) in [6.07, 6.45) is 5.62. The van der Waals surface area contributed by atoms with Crippen molar-refractivity contribution in [3.05, 3.63) is 22.4 Å². The van der Waals surface area contributed by atoms with Crippen LogP contribution in [0.15, 0.2) is 17.5 Å². The molecule has 1 saturated carbocycles. The molecule has 1 aromatic heterocycles. The highest BCUT2D eigenvalue weighted by atomic mass is 32.1. The first-order chi connectivity index (χ1) is 7.77. The van der Waals surface area contributed by atoms with Crippen LogP contribution in [0.1, 0.15) is 50.3 Å². The van der Waals surface area contributed by atoms with E-state index >= 15 is 0 Å². The molecule has 1 fully saturated rings. The maximum atomic E-state index is 3.77. The Balaban J connectivity index is 1.78. The Labute approximate surface area is 103 Å². The van der Waals surface area contributed by atoms with Gasteiger partial charge in [-0.3, -0.25) is 0 Å². The van der Waals surface area contributed by atoms with Crippen LogP contribution in [-0.2, 0) is 0 Å². The zero-order valence-corrected chi connectivity index (χ0v) is 11.2. The predicted molar refractivity (Wildman–Crippen MR) is 72.2 cm³/mol. The van der Waals surface area contributed by atoms with Crippen LogP contribution in [0.5, 0.6) is 0 Å². The van der Waals surface area contributed by atoms with E-state index in [0.29, 0.717) is 5.92 Å². The zero-order valence-electron chi connectivity index (χ0n) is 10.4. The maximum absolute atomic E-state index is 3.77. The molecule has 1 N–H and O–H groups in total. The topological polar surface area (TPSA) is 12.0 Å². The highest BCUT2D eigenvalue weighted by Crippen LogP contribution is 2.25. The third-order valence-electron chi connectivity index (χ3n) is 3.83. The number of hydrogen-bond acceptors (Lipinski definition) is 2. The van der Waals surface area contributed by atoms with E-state index in [1.807, 2.05) is 11.3 Å². The van der Waals surface area contributed by atoms with Gasteiger partial charge in [-0.2, -0.15) is 0 Å². The Morgan fingerprint density at radius 1 is 1.44 bits per heavy atom. The molecule has 16 heavy (non-hydrogen) atoms. The molecule has 1 aliphatic carbocycles. The van der Waals surface area contributed by atoms with Crippen LogP contribution in [0.4, 0.5) is 0 Å². The van der Waals surface area contributed by atoms with E-state index in [9.17, 15) is 0 Å². The van der Waals surface area contributed by atoms with Gasteiger partial charge in [-0.05, 0) is 30.2 Å². The average molecular weight is 237 g/mol. The molecule has 0 aliphatic heterocycles. The van der Waals surface area contributed by atoms with Crippen LogP contribution >= 0.6 is 11.3 Å². The van der Waals surface area contributed by atoms with E-state index in [2.05, 4.69) is 36.7 Å². The summed E-state index contributed by atoms with van der Waals surface area (Å²) in [6.45, 7) is 5.86. The fraction of sp³-hybridized carbons (Fsp3) is 0.714. The minimum Gasteiger partial charge on any atom is -0.313 e. The highest BCUT2D eigenvalue weighted by molar-refractivity contribution is 7.10. The molecule has 3 unspecified atom stereocenters. The first kappa shape index (κ1) is 12.1. The molecule has 3 atom stereocenters. The molecule has 90 valence electrons. The Bertz CT molecular complexity index is 294. The summed E-state index contributed by atoms with van der Waals surface area (Å²) in [5, 5.41) is 5.94. The fourth-order valence-electron chi connectivity index (χ4n) is 2.62. The predicted octanol–water partition coefficient (Wildman–Crippen LogP) is 4.02. The minimum absolute atomic E-state index is 0.661. The monoisotopic (exact) mass is 237 g/mol. The van der Waals surface area contributed by atoms with Gasteiger partial charge in [0, 0.05) is 23.4 Å². The van der Waals surface area contributed by atoms with Gasteiger partial charge in [0.1, 0.15) is 0 Å². The summed E-state index contributed by atoms with van der Waals surface area (Å²) < 4.78 is 0. The maximum Gasteiger partial charge on any atom is 0.00929 e. The first-order valence-corrected chi connectivity index (χ1v) is 7.42. The molecule has 0 amide bonds. The summed E-state index contributed by atoms with van der Waals surface area (Å²) in [5.41, 5.74) is 0. The lowest BCUT2D eigenvalue weighted by Gasteiger charge is -2.30. The second-order valence-electron chi connectivity index (χ2n) is 5.19. The molecule has 0 bridgehead atoms. The Morgan fingerprint density at radius 2 is 2.25 bits per heavy atom. The summed E-state index contributed by atoms with van der Waals surface area (Å²) in [6, 6.07) is 5.16. The van der Waals surface area contributed by atoms with Crippen molar-refractivity contribution in [1.29, 1.82) is 0 Å². The van der Waals surface area contributed by atoms with E-state index in [-0.39, 0.29) is 0 Å². The van der Waals surface area contributed by atoms with Crippen molar-refractivity contribution in [3.63, 3.8) is 0 Å². The van der Waals surface area contributed by atoms with Crippen LogP contribution < -0.4 is 5.32 Å². The Morgan fingerprint density at radius 3 is 2.94 bits per heavy atom. The summed E-state index contributed by atoms with van der Waals surface area (Å²) in [7, 11) is 0. The van der Waals surface area contributed by atoms with Crippen LogP contribution in [0.25, 0.3) is 0 Å². The summed E-state index contributed by atoms with van der Waals surface area (Å²) in [4.78, 5) is 1.51. The molecule has 0 radical (unpaired) electrons. The van der Waals surface area contributed by atoms with Gasteiger partial charge < -0.3 is 5.32 Å². The van der Waals surface area contributed by atoms with Crippen molar-refractivity contribution in [1.82, 2.24) is 5.32 Å². The normalized spacial score (nSPS) is 27.9. The van der Waals surface area contributed by atoms with Crippen molar-refractivity contribution in [2.75, 3.05) is 6.54 Å². The Kier molecular flexibility index (Phi) is 4.42. The van der Waals surface area contributed by atoms with Gasteiger partial charge in [-0.15, -0.1) is 11.3 Å². The molecule has 1 heterocycles. The molecule has 1 aliphatic rings. The van der Waals surface area contributed by atoms with Crippen molar-refractivity contribution in [3.8, 4) is 0 Å². The van der Waals surface area contributed by atoms with Crippen LogP contribution in [0.2, 0.25) is 0 Å². The molecule has 2 rings (SSSR count). The van der Waals surface area contributed by atoms with E-state index in [1.54, 1.807) is 0 Å². The number of rotatable bonds is 4. The zero-order chi connectivity index (χ0) is 11.4. The SMILES string of the molecule is CC(CNC1CCCCC1C)c1cccs1. The van der Waals surface area contributed by atoms with Gasteiger partial charge in [-0.25, -0.2) is 0 Å². The van der Waals surface area contributed by atoms with E-state index in [1.165, 1.54) is 30.6 Å². The van der Waals surface area contributed by atoms with Crippen LogP contribution in [0.3, 0.4) is 0 Å². The molecule has 1 aromatic rings. The second kappa shape index (κ2) is 5.83. The van der Waals surface area contributed by atoms with Crippen LogP contribution in [-0.4, -0.2) is 12.6 Å². The smallest absolute Gasteiger partial charge is 0.00929 e. The minimum atomic E-state index is 0.661. The molecular formula is C14H23NS. The van der Waals surface area contributed by atoms with Gasteiger partial charge >= 0.3 is 0 Å². The summed E-state index contributed by atoms with van der Waals surface area (Å²) >= 11 is 1.88. The van der Waals surface area contributed by atoms with Crippen molar-refractivity contribution >= 4 is 11.3 Å². The quantitative estimate of drug-likeness (QED) is 0.834. The molecule has 0 aromatic carbocycles. The number of thiophene rings is 1. The second-order valence-corrected chi connectivity index (χ2v) is 6.17. The van der Waals surface area contributed by atoms with Gasteiger partial charge in [0.15, 0.2) is 0 Å². The Hall–Kier alpha value is -0.340. The largest absolute Gasteiger partial charge is 0.313 e. The van der Waals surface area contributed by atoms with E-state index < -0.39 is 0 Å². The van der Waals surface area contributed by atoms with Crippen molar-refractivity contribution < 1.29 is 0 Å². The summed E-state index contributed by atoms with van der Waals surface area (Å²) in [5.74, 6) is 1.53. The molecule has 0 saturated heterocycles. The lowest BCUT2D eigenvalue weighted by atomic mass is 9.86. The fourth-order valence-corrected chi connectivity index (χ4v) is 3.41. The highest BCUT2D eigenvalue weighted by Gasteiger charge is 2.21. The average Bonchev–Trinajstić information content (AvgIpc) is 2.81. The molecule has 0 spiro atoms. The standard InChI is InChI=1S/C14H23NS/c1-11-6-3-4-7-13(11)15-10-12(2)14-8-5-9-16-14/h5,8-9,11-13,15H,3-4,6-7,10H2,1-2H3. The third kappa shape index (κ3) is 3.08. The molecule has 2 heteroatoms. The molecule has 1 nitrogen and oxygen atoms in total. The first-order valence-electron chi connectivity index (χ1n) is 6.54. The van der Waals surface area contributed by atoms with Crippen LogP contribution in [0, 0.1) is 5.92 Å². The lowest BCUT2D eigenvalue weighted by Crippen LogP contribution is -2.38. The van der Waals surface area contributed by atoms with Crippen molar-refractivity contribution in [2.45, 2.75) is 51.5 Å². The van der Waals surface area contributed by atoms with Gasteiger partial charge in [0.2, 0.25) is 0 Å². The van der Waals surface area contributed by atoms with Gasteiger partial charge in [0.05, 0.1) is 0 Å². The van der Waals surface area contributed by atoms with Gasteiger partial charge in [0.25, 0.3) is 0 Å². The third-order valence-corrected chi connectivity index (χ3v) is 4.93.